The molecule has 2 aliphatic rings. The largest absolute Gasteiger partial charge is 0.482 e. The first-order valence-corrected chi connectivity index (χ1v) is 22.9. The molecule has 11 nitrogen and oxygen atoms in total. The fourth-order valence-electron chi connectivity index (χ4n) is 9.13. The quantitative estimate of drug-likeness (QED) is 0.0995. The van der Waals surface area contributed by atoms with Crippen molar-refractivity contribution < 1.29 is 78.4 Å². The Bertz CT molecular complexity index is 3280. The molecule has 0 saturated carbocycles. The van der Waals surface area contributed by atoms with Crippen LogP contribution < -0.4 is 19.3 Å². The molecule has 0 radical (unpaired) electrons. The zero-order valence-electron chi connectivity index (χ0n) is 39.3. The van der Waals surface area contributed by atoms with Gasteiger partial charge in [-0.05, 0) is 99.6 Å². The summed E-state index contributed by atoms with van der Waals surface area (Å²) in [6.07, 6.45) is -10.8. The number of anilines is 2. The van der Waals surface area contributed by atoms with Crippen molar-refractivity contribution in [2.45, 2.75) is 49.2 Å². The van der Waals surface area contributed by atoms with Gasteiger partial charge in [-0.15, -0.1) is 0 Å². The van der Waals surface area contributed by atoms with Crippen LogP contribution in [0.5, 0.6) is 11.5 Å². The van der Waals surface area contributed by atoms with Gasteiger partial charge in [0, 0.05) is 41.5 Å². The van der Waals surface area contributed by atoms with Gasteiger partial charge in [0.05, 0.1) is 29.6 Å². The maximum absolute atomic E-state index is 16.3. The van der Waals surface area contributed by atoms with Crippen LogP contribution in [0.25, 0.3) is 22.3 Å². The Labute approximate surface area is 426 Å². The Morgan fingerprint density at radius 2 is 1.01 bits per heavy atom. The lowest BCUT2D eigenvalue weighted by Gasteiger charge is -2.41. The minimum atomic E-state index is -5.53. The fraction of sp³-hybridized carbons (Fsp3) is 0.245. The summed E-state index contributed by atoms with van der Waals surface area (Å²) in [4.78, 5) is 53.2. The van der Waals surface area contributed by atoms with E-state index in [0.717, 1.165) is 91.4 Å². The summed E-state index contributed by atoms with van der Waals surface area (Å²) >= 11 is 13.3. The molecule has 0 fully saturated rings. The Morgan fingerprint density at radius 3 is 1.45 bits per heavy atom. The van der Waals surface area contributed by atoms with E-state index in [1.165, 1.54) is 62.6 Å². The second kappa shape index (κ2) is 19.6. The van der Waals surface area contributed by atoms with Crippen LogP contribution in [-0.4, -0.2) is 75.6 Å². The van der Waals surface area contributed by atoms with E-state index in [1.807, 2.05) is 0 Å². The van der Waals surface area contributed by atoms with Crippen molar-refractivity contribution in [3.8, 4) is 33.8 Å². The van der Waals surface area contributed by atoms with Gasteiger partial charge in [0.25, 0.3) is 11.8 Å². The van der Waals surface area contributed by atoms with Gasteiger partial charge in [-0.25, -0.2) is 18.4 Å². The van der Waals surface area contributed by atoms with E-state index in [2.05, 4.69) is 4.74 Å². The number of ether oxygens (including phenoxy) is 4. The van der Waals surface area contributed by atoms with Crippen LogP contribution in [0.3, 0.4) is 0 Å². The molecule has 8 rings (SSSR count). The molecule has 386 valence electrons. The number of hydrogen-bond donors (Lipinski definition) is 1. The Morgan fingerprint density at radius 1 is 0.595 bits per heavy atom. The number of carbonyl (C=O) groups excluding carboxylic acids is 4. The highest BCUT2D eigenvalue weighted by Crippen LogP contribution is 2.55. The number of methoxy groups -OCH3 is 1. The third-order valence-electron chi connectivity index (χ3n) is 13.5. The number of benzene rings is 6. The van der Waals surface area contributed by atoms with Gasteiger partial charge in [0.15, 0.2) is 18.8 Å². The number of nitrogens with zero attached hydrogens (tertiary/aromatic N) is 2. The second-order valence-electron chi connectivity index (χ2n) is 17.5. The Hall–Kier alpha value is -7.22. The molecule has 0 saturated heterocycles. The lowest BCUT2D eigenvalue weighted by atomic mass is 9.76. The summed E-state index contributed by atoms with van der Waals surface area (Å²) in [6, 6.07) is 19.9. The standard InChI is InChI=1S/C53H40Cl2F8N2O9/c1-26(50(70,52(58,59)60)32-10-16-44-42(22-32)64(3)46(66)24-72-44)34-12-6-28(18-38(34)54)31-9-15-37(41(57)21-31)49(69)74-51(53(61,62)63,33-11-17-45-43(23-33)65(4)47(67)25-73-45)27(2)35-13-7-29(19-39(35)55)30-8-14-36(40(56)20-30)48(68)71-5/h6-23,26-27,70H,24-25H2,1-5H3. The van der Waals surface area contributed by atoms with Gasteiger partial charge in [-0.2, -0.15) is 26.3 Å². The number of fused-ring (bicyclic) bond motifs is 2. The molecule has 0 spiro atoms. The number of hydrogen-bond acceptors (Lipinski definition) is 9. The maximum Gasteiger partial charge on any atom is 0.433 e. The average molecular weight is 1070 g/mol. The number of esters is 2. The molecule has 2 heterocycles. The lowest BCUT2D eigenvalue weighted by Crippen LogP contribution is -2.50. The maximum atomic E-state index is 16.3. The molecular weight excluding hydrogens is 1030 g/mol. The monoisotopic (exact) mass is 1070 g/mol. The topological polar surface area (TPSA) is 132 Å². The van der Waals surface area contributed by atoms with E-state index < -0.39 is 94.1 Å². The van der Waals surface area contributed by atoms with Crippen molar-refractivity contribution in [1.82, 2.24) is 0 Å². The third kappa shape index (κ3) is 9.14. The van der Waals surface area contributed by atoms with Gasteiger partial charge < -0.3 is 33.9 Å². The molecule has 0 bridgehead atoms. The smallest absolute Gasteiger partial charge is 0.433 e. The number of alkyl halides is 6. The fourth-order valence-corrected chi connectivity index (χ4v) is 9.82. The van der Waals surface area contributed by atoms with Crippen molar-refractivity contribution in [1.29, 1.82) is 0 Å². The average Bonchev–Trinajstić information content (AvgIpc) is 3.36. The third-order valence-corrected chi connectivity index (χ3v) is 14.1. The number of carbonyl (C=O) groups is 4. The van der Waals surface area contributed by atoms with E-state index in [0.29, 0.717) is 0 Å². The van der Waals surface area contributed by atoms with Crippen molar-refractivity contribution in [2.24, 2.45) is 0 Å². The number of amides is 2. The summed E-state index contributed by atoms with van der Waals surface area (Å²) in [5.41, 5.74) is -10.1. The normalized spacial score (nSPS) is 16.2. The van der Waals surface area contributed by atoms with Crippen LogP contribution in [-0.2, 0) is 30.3 Å². The molecule has 6 aromatic carbocycles. The Kier molecular flexibility index (Phi) is 14.0. The zero-order valence-corrected chi connectivity index (χ0v) is 40.9. The number of rotatable bonds is 11. The summed E-state index contributed by atoms with van der Waals surface area (Å²) in [5.74, 6) is -9.86. The minimum Gasteiger partial charge on any atom is -0.482 e. The van der Waals surface area contributed by atoms with Gasteiger partial charge in [0.2, 0.25) is 5.60 Å². The van der Waals surface area contributed by atoms with Crippen LogP contribution in [0.4, 0.5) is 46.5 Å². The molecule has 21 heteroatoms. The lowest BCUT2D eigenvalue weighted by molar-refractivity contribution is -0.274. The van der Waals surface area contributed by atoms with Crippen LogP contribution in [0.15, 0.2) is 109 Å². The molecule has 4 unspecified atom stereocenters. The summed E-state index contributed by atoms with van der Waals surface area (Å²) in [6.45, 7) is 1.38. The molecule has 2 amide bonds. The molecular formula is C53H40Cl2F8N2O9. The van der Waals surface area contributed by atoms with E-state index in [9.17, 15) is 41.8 Å². The van der Waals surface area contributed by atoms with E-state index in [1.54, 1.807) is 0 Å². The summed E-state index contributed by atoms with van der Waals surface area (Å²) in [7, 11) is 3.70. The summed E-state index contributed by atoms with van der Waals surface area (Å²) in [5, 5.41) is 11.0. The number of halogens is 10. The molecule has 2 aliphatic heterocycles. The van der Waals surface area contributed by atoms with Crippen molar-refractivity contribution in [3.05, 3.63) is 164 Å². The van der Waals surface area contributed by atoms with E-state index in [-0.39, 0.29) is 78.5 Å². The van der Waals surface area contributed by atoms with Crippen molar-refractivity contribution in [2.75, 3.05) is 44.2 Å². The molecule has 0 aliphatic carbocycles. The van der Waals surface area contributed by atoms with Crippen LogP contribution in [0.1, 0.15) is 68.7 Å². The molecule has 6 aromatic rings. The first-order chi connectivity index (χ1) is 34.7. The molecule has 74 heavy (non-hydrogen) atoms. The molecule has 4 atom stereocenters. The van der Waals surface area contributed by atoms with E-state index in [4.69, 9.17) is 37.4 Å². The van der Waals surface area contributed by atoms with Crippen molar-refractivity contribution >= 4 is 58.3 Å². The first-order valence-electron chi connectivity index (χ1n) is 22.2. The number of aliphatic hydroxyl groups is 1. The highest BCUT2D eigenvalue weighted by molar-refractivity contribution is 6.32. The van der Waals surface area contributed by atoms with E-state index >= 15 is 17.6 Å². The Balaban J connectivity index is 1.15. The molecule has 0 aromatic heterocycles. The predicted molar refractivity (Wildman–Crippen MR) is 256 cm³/mol. The van der Waals surface area contributed by atoms with Gasteiger partial charge in [-0.3, -0.25) is 9.59 Å². The minimum absolute atomic E-state index is 0.0142. The van der Waals surface area contributed by atoms with Crippen LogP contribution in [0.2, 0.25) is 10.0 Å². The predicted octanol–water partition coefficient (Wildman–Crippen LogP) is 12.1. The van der Waals surface area contributed by atoms with Crippen LogP contribution in [0, 0.1) is 11.6 Å². The van der Waals surface area contributed by atoms with Crippen LogP contribution >= 0.6 is 23.2 Å². The SMILES string of the molecule is COC(=O)c1ccc(-c2ccc(C(C)C(OC(=O)c3ccc(-c4ccc(C(C)C(O)(c5ccc6c(c5)N(C)C(=O)CO6)C(F)(F)F)c(Cl)c4)cc3F)(c3ccc4c(c3)N(C)C(=O)CO4)C(F)(F)F)c(Cl)c2)cc1F. The highest BCUT2D eigenvalue weighted by Gasteiger charge is 2.64. The molecule has 1 N–H and O–H groups in total. The highest BCUT2D eigenvalue weighted by atomic mass is 35.5. The summed E-state index contributed by atoms with van der Waals surface area (Å²) < 4.78 is 146. The van der Waals surface area contributed by atoms with Gasteiger partial charge in [-0.1, -0.05) is 85.6 Å². The first kappa shape index (κ1) is 53.1. The van der Waals surface area contributed by atoms with Crippen molar-refractivity contribution in [3.63, 3.8) is 0 Å². The number of likely N-dealkylation sites (N-methyl/N-ethyl adjacent to an activating group) is 2. The van der Waals surface area contributed by atoms with Gasteiger partial charge >= 0.3 is 24.3 Å². The zero-order chi connectivity index (χ0) is 54.0. The van der Waals surface area contributed by atoms with Gasteiger partial charge in [0.1, 0.15) is 23.1 Å². The second-order valence-corrected chi connectivity index (χ2v) is 18.3.